The van der Waals surface area contributed by atoms with Crippen LogP contribution in [0.5, 0.6) is 0 Å². The number of hydrogen-bond donors (Lipinski definition) is 0. The Bertz CT molecular complexity index is 375. The molecule has 2 atom stereocenters. The molecule has 0 bridgehead atoms. The highest BCUT2D eigenvalue weighted by Crippen LogP contribution is 2.31. The van der Waals surface area contributed by atoms with Crippen LogP contribution < -0.4 is 0 Å². The van der Waals surface area contributed by atoms with Crippen molar-refractivity contribution in [2.45, 2.75) is 19.5 Å². The van der Waals surface area contributed by atoms with Crippen LogP contribution in [-0.4, -0.2) is 52.5 Å². The molecular weight excluding hydrogens is 200 g/mol. The quantitative estimate of drug-likeness (QED) is 0.725. The Morgan fingerprint density at radius 1 is 1.25 bits per heavy atom. The summed E-state index contributed by atoms with van der Waals surface area (Å²) in [6, 6.07) is 0.798. The Hall–Kier alpha value is -1.00. The number of likely N-dealkylation sites (tertiary alicyclic amines) is 2. The minimum absolute atomic E-state index is 0.798. The predicted octanol–water partition coefficient (Wildman–Crippen LogP) is 0.531. The summed E-state index contributed by atoms with van der Waals surface area (Å²) < 4.78 is 0. The van der Waals surface area contributed by atoms with E-state index in [1.54, 1.807) is 0 Å². The van der Waals surface area contributed by atoms with E-state index >= 15 is 0 Å². The van der Waals surface area contributed by atoms with Crippen LogP contribution in [0.2, 0.25) is 0 Å². The topological polar surface area (TPSA) is 32.3 Å². The van der Waals surface area contributed by atoms with Gasteiger partial charge in [0.05, 0.1) is 0 Å². The molecule has 3 rings (SSSR count). The molecule has 0 aliphatic carbocycles. The lowest BCUT2D eigenvalue weighted by molar-refractivity contribution is 0.0825. The molecule has 2 saturated heterocycles. The molecule has 86 valence electrons. The number of fused-ring (bicyclic) bond motifs is 1. The van der Waals surface area contributed by atoms with E-state index in [4.69, 9.17) is 0 Å². The summed E-state index contributed by atoms with van der Waals surface area (Å²) in [4.78, 5) is 13.5. The molecular formula is C12H18N4. The lowest BCUT2D eigenvalue weighted by Crippen LogP contribution is -2.52. The summed E-state index contributed by atoms with van der Waals surface area (Å²) >= 11 is 0. The van der Waals surface area contributed by atoms with Gasteiger partial charge in [0.2, 0.25) is 0 Å². The van der Waals surface area contributed by atoms with Gasteiger partial charge in [-0.25, -0.2) is 9.97 Å². The fraction of sp³-hybridized carbons (Fsp3) is 0.667. The number of aromatic nitrogens is 2. The number of hydrogen-bond acceptors (Lipinski definition) is 4. The molecule has 0 aromatic carbocycles. The van der Waals surface area contributed by atoms with E-state index in [0.29, 0.717) is 0 Å². The second kappa shape index (κ2) is 3.79. The standard InChI is InChI=1S/C12H18N4/c1-9-13-3-10(4-14-9)5-16-7-11-6-15(2)12(11)8-16/h3-4,11-12H,5-8H2,1-2H3/t11-,12+/m0/s1. The molecule has 4 heteroatoms. The van der Waals surface area contributed by atoms with E-state index in [0.717, 1.165) is 24.3 Å². The van der Waals surface area contributed by atoms with Crippen LogP contribution in [0.1, 0.15) is 11.4 Å². The smallest absolute Gasteiger partial charge is 0.125 e. The molecule has 1 aromatic heterocycles. The fourth-order valence-corrected chi connectivity index (χ4v) is 2.88. The molecule has 16 heavy (non-hydrogen) atoms. The van der Waals surface area contributed by atoms with Crippen LogP contribution in [0.25, 0.3) is 0 Å². The highest BCUT2D eigenvalue weighted by atomic mass is 15.3. The van der Waals surface area contributed by atoms with Crippen molar-refractivity contribution in [1.29, 1.82) is 0 Å². The summed E-state index contributed by atoms with van der Waals surface area (Å²) in [5, 5.41) is 0. The first-order chi connectivity index (χ1) is 7.72. The molecule has 1 aromatic rings. The maximum absolute atomic E-state index is 4.24. The molecule has 2 aliphatic rings. The molecule has 2 fully saturated rings. The fourth-order valence-electron chi connectivity index (χ4n) is 2.88. The van der Waals surface area contributed by atoms with Crippen molar-refractivity contribution in [2.75, 3.05) is 26.7 Å². The highest BCUT2D eigenvalue weighted by Gasteiger charge is 2.43. The van der Waals surface area contributed by atoms with Crippen LogP contribution in [0.4, 0.5) is 0 Å². The first kappa shape index (κ1) is 10.2. The highest BCUT2D eigenvalue weighted by molar-refractivity contribution is 5.07. The van der Waals surface area contributed by atoms with Gasteiger partial charge in [0, 0.05) is 56.1 Å². The molecule has 0 saturated carbocycles. The van der Waals surface area contributed by atoms with Gasteiger partial charge in [0.25, 0.3) is 0 Å². The first-order valence-electron chi connectivity index (χ1n) is 5.92. The molecule has 0 radical (unpaired) electrons. The first-order valence-corrected chi connectivity index (χ1v) is 5.92. The summed E-state index contributed by atoms with van der Waals surface area (Å²) in [5.41, 5.74) is 1.23. The average molecular weight is 218 g/mol. The number of likely N-dealkylation sites (N-methyl/N-ethyl adjacent to an activating group) is 1. The van der Waals surface area contributed by atoms with Crippen molar-refractivity contribution >= 4 is 0 Å². The SMILES string of the molecule is Cc1ncc(CN2C[C@@H]3CN(C)[C@@H]3C2)cn1. The normalized spacial score (nSPS) is 30.1. The van der Waals surface area contributed by atoms with Gasteiger partial charge in [0.15, 0.2) is 0 Å². The van der Waals surface area contributed by atoms with E-state index in [-0.39, 0.29) is 0 Å². The maximum Gasteiger partial charge on any atom is 0.125 e. The van der Waals surface area contributed by atoms with Crippen molar-refractivity contribution in [3.63, 3.8) is 0 Å². The third kappa shape index (κ3) is 1.72. The van der Waals surface area contributed by atoms with E-state index < -0.39 is 0 Å². The zero-order valence-corrected chi connectivity index (χ0v) is 9.93. The Balaban J connectivity index is 1.62. The summed E-state index contributed by atoms with van der Waals surface area (Å²) in [6.07, 6.45) is 3.90. The lowest BCUT2D eigenvalue weighted by atomic mass is 9.93. The third-order valence-corrected chi connectivity index (χ3v) is 3.81. The van der Waals surface area contributed by atoms with Crippen molar-refractivity contribution < 1.29 is 0 Å². The minimum atomic E-state index is 0.798. The summed E-state index contributed by atoms with van der Waals surface area (Å²) in [5.74, 6) is 1.75. The predicted molar refractivity (Wildman–Crippen MR) is 62.0 cm³/mol. The van der Waals surface area contributed by atoms with Gasteiger partial charge in [-0.2, -0.15) is 0 Å². The van der Waals surface area contributed by atoms with Gasteiger partial charge >= 0.3 is 0 Å². The maximum atomic E-state index is 4.24. The summed E-state index contributed by atoms with van der Waals surface area (Å²) in [6.45, 7) is 6.64. The van der Waals surface area contributed by atoms with Crippen LogP contribution in [0.3, 0.4) is 0 Å². The second-order valence-corrected chi connectivity index (χ2v) is 5.10. The number of aryl methyl sites for hydroxylation is 1. The molecule has 0 spiro atoms. The minimum Gasteiger partial charge on any atom is -0.301 e. The molecule has 0 N–H and O–H groups in total. The number of nitrogens with zero attached hydrogens (tertiary/aromatic N) is 4. The van der Waals surface area contributed by atoms with Gasteiger partial charge in [-0.05, 0) is 14.0 Å². The van der Waals surface area contributed by atoms with Crippen molar-refractivity contribution in [1.82, 2.24) is 19.8 Å². The van der Waals surface area contributed by atoms with E-state index in [9.17, 15) is 0 Å². The summed E-state index contributed by atoms with van der Waals surface area (Å²) in [7, 11) is 2.22. The molecule has 3 heterocycles. The van der Waals surface area contributed by atoms with Crippen molar-refractivity contribution in [3.05, 3.63) is 23.8 Å². The molecule has 4 nitrogen and oxygen atoms in total. The zero-order chi connectivity index (χ0) is 11.1. The van der Waals surface area contributed by atoms with Crippen LogP contribution in [0.15, 0.2) is 12.4 Å². The van der Waals surface area contributed by atoms with Gasteiger partial charge in [0.1, 0.15) is 5.82 Å². The van der Waals surface area contributed by atoms with Crippen LogP contribution in [0, 0.1) is 12.8 Å². The number of rotatable bonds is 2. The van der Waals surface area contributed by atoms with E-state index in [1.807, 2.05) is 19.3 Å². The van der Waals surface area contributed by atoms with Gasteiger partial charge in [-0.3, -0.25) is 4.90 Å². The molecule has 0 amide bonds. The van der Waals surface area contributed by atoms with Crippen LogP contribution >= 0.6 is 0 Å². The molecule has 2 aliphatic heterocycles. The second-order valence-electron chi connectivity index (χ2n) is 5.10. The Morgan fingerprint density at radius 3 is 2.62 bits per heavy atom. The Kier molecular flexibility index (Phi) is 2.41. The Morgan fingerprint density at radius 2 is 2.00 bits per heavy atom. The van der Waals surface area contributed by atoms with Crippen LogP contribution in [-0.2, 0) is 6.54 Å². The van der Waals surface area contributed by atoms with Crippen molar-refractivity contribution in [3.8, 4) is 0 Å². The Labute approximate surface area is 96.3 Å². The van der Waals surface area contributed by atoms with E-state index in [2.05, 4.69) is 26.8 Å². The van der Waals surface area contributed by atoms with E-state index in [1.165, 1.54) is 25.2 Å². The monoisotopic (exact) mass is 218 g/mol. The average Bonchev–Trinajstić information content (AvgIpc) is 2.59. The largest absolute Gasteiger partial charge is 0.301 e. The molecule has 0 unspecified atom stereocenters. The third-order valence-electron chi connectivity index (χ3n) is 3.81. The van der Waals surface area contributed by atoms with Gasteiger partial charge in [-0.1, -0.05) is 0 Å². The van der Waals surface area contributed by atoms with Gasteiger partial charge in [-0.15, -0.1) is 0 Å². The zero-order valence-electron chi connectivity index (χ0n) is 9.93. The lowest BCUT2D eigenvalue weighted by Gasteiger charge is -2.40. The van der Waals surface area contributed by atoms with Gasteiger partial charge < -0.3 is 4.90 Å². The van der Waals surface area contributed by atoms with Crippen molar-refractivity contribution in [2.24, 2.45) is 5.92 Å².